The lowest BCUT2D eigenvalue weighted by molar-refractivity contribution is 0.167. The molecule has 9 heteroatoms. The van der Waals surface area contributed by atoms with Crippen LogP contribution in [0.15, 0.2) is 48.0 Å². The minimum absolute atomic E-state index is 0.217. The summed E-state index contributed by atoms with van der Waals surface area (Å²) in [6.45, 7) is 10.7. The highest BCUT2D eigenvalue weighted by Crippen LogP contribution is 2.34. The monoisotopic (exact) mass is 500 g/mol. The quantitative estimate of drug-likeness (QED) is 0.316. The van der Waals surface area contributed by atoms with E-state index in [-0.39, 0.29) is 18.5 Å². The Kier molecular flexibility index (Phi) is 9.41. The molecule has 0 saturated carbocycles. The fourth-order valence-corrected chi connectivity index (χ4v) is 3.64. The van der Waals surface area contributed by atoms with Gasteiger partial charge < -0.3 is 25.4 Å². The normalized spacial score (nSPS) is 15.6. The van der Waals surface area contributed by atoms with Crippen molar-refractivity contribution in [2.45, 2.75) is 39.3 Å². The van der Waals surface area contributed by atoms with Crippen molar-refractivity contribution in [3.63, 3.8) is 0 Å². The number of ether oxygens (including phenoxy) is 2. The number of nitrogens with zero attached hydrogens (tertiary/aromatic N) is 1. The lowest BCUT2D eigenvalue weighted by Crippen LogP contribution is -2.32. The third-order valence-electron chi connectivity index (χ3n) is 5.57. The van der Waals surface area contributed by atoms with Crippen LogP contribution >= 0.6 is 0 Å². The molecular weight excluding hydrogens is 466 g/mol. The second-order valence-corrected chi connectivity index (χ2v) is 9.26. The number of carbonyl (C=O) groups excluding carboxylic acids is 1. The molecule has 7 nitrogen and oxygen atoms in total. The van der Waals surface area contributed by atoms with Crippen LogP contribution in [0.5, 0.6) is 5.75 Å². The molecule has 3 N–H and O–H groups in total. The molecule has 3 rings (SSSR count). The molecule has 0 radical (unpaired) electrons. The first-order chi connectivity index (χ1) is 17.1. The largest absolute Gasteiger partial charge is 0.493 e. The highest BCUT2D eigenvalue weighted by atomic mass is 19.1. The zero-order chi connectivity index (χ0) is 26.1. The maximum absolute atomic E-state index is 15.1. The molecule has 1 aliphatic rings. The number of rotatable bonds is 11. The Morgan fingerprint density at radius 2 is 1.94 bits per heavy atom. The van der Waals surface area contributed by atoms with Crippen LogP contribution in [0.1, 0.15) is 39.2 Å². The molecule has 0 aromatic heterocycles. The Morgan fingerprint density at radius 3 is 2.56 bits per heavy atom. The number of aliphatic imine (C=N–C) groups is 1. The smallest absolute Gasteiger partial charge is 0.319 e. The lowest BCUT2D eigenvalue weighted by Gasteiger charge is -2.16. The molecule has 1 atom stereocenters. The molecule has 1 aliphatic heterocycles. The topological polar surface area (TPSA) is 84.0 Å². The van der Waals surface area contributed by atoms with Gasteiger partial charge in [0, 0.05) is 54.5 Å². The first-order valence-electron chi connectivity index (χ1n) is 12.0. The molecule has 0 spiro atoms. The van der Waals surface area contributed by atoms with Crippen molar-refractivity contribution in [2.24, 2.45) is 10.9 Å². The van der Waals surface area contributed by atoms with E-state index in [1.54, 1.807) is 43.5 Å². The second-order valence-electron chi connectivity index (χ2n) is 9.26. The third kappa shape index (κ3) is 8.34. The Hall–Kier alpha value is -3.46. The molecule has 1 saturated heterocycles. The van der Waals surface area contributed by atoms with Crippen LogP contribution in [0.4, 0.5) is 30.6 Å². The predicted molar refractivity (Wildman–Crippen MR) is 141 cm³/mol. The molecule has 2 amide bonds. The summed E-state index contributed by atoms with van der Waals surface area (Å²) < 4.78 is 39.8. The minimum Gasteiger partial charge on any atom is -0.493 e. The van der Waals surface area contributed by atoms with Gasteiger partial charge >= 0.3 is 6.03 Å². The number of urea groups is 1. The van der Waals surface area contributed by atoms with E-state index in [1.165, 1.54) is 19.9 Å². The molecule has 1 heterocycles. The van der Waals surface area contributed by atoms with Gasteiger partial charge in [-0.15, -0.1) is 0 Å². The molecular formula is C27H34F2N4O3. The number of halogens is 2. The van der Waals surface area contributed by atoms with Crippen LogP contribution in [-0.4, -0.2) is 44.3 Å². The number of carbonyl (C=O) groups is 1. The van der Waals surface area contributed by atoms with E-state index < -0.39 is 17.5 Å². The molecule has 1 fully saturated rings. The fourth-order valence-electron chi connectivity index (χ4n) is 3.64. The highest BCUT2D eigenvalue weighted by Gasteiger charge is 2.19. The zero-order valence-electron chi connectivity index (χ0n) is 21.0. The summed E-state index contributed by atoms with van der Waals surface area (Å²) in [7, 11) is 0. The summed E-state index contributed by atoms with van der Waals surface area (Å²) in [5.74, 6) is 0.202. The molecule has 2 aromatic carbocycles. The first-order valence-corrected chi connectivity index (χ1v) is 12.0. The van der Waals surface area contributed by atoms with E-state index in [0.717, 1.165) is 13.0 Å². The lowest BCUT2D eigenvalue weighted by atomic mass is 10.1. The van der Waals surface area contributed by atoms with Gasteiger partial charge in [-0.25, -0.2) is 13.6 Å². The number of anilines is 2. The van der Waals surface area contributed by atoms with Gasteiger partial charge in [0.2, 0.25) is 0 Å². The van der Waals surface area contributed by atoms with E-state index in [4.69, 9.17) is 9.47 Å². The van der Waals surface area contributed by atoms with Crippen LogP contribution in [-0.2, 0) is 4.74 Å². The van der Waals surface area contributed by atoms with Crippen molar-refractivity contribution >= 4 is 35.0 Å². The van der Waals surface area contributed by atoms with Crippen molar-refractivity contribution in [3.8, 4) is 5.75 Å². The van der Waals surface area contributed by atoms with Gasteiger partial charge in [0.1, 0.15) is 17.2 Å². The Labute approximate surface area is 211 Å². The van der Waals surface area contributed by atoms with E-state index >= 15 is 4.39 Å². The number of nitrogens with one attached hydrogen (secondary N) is 3. The SMILES string of the molecule is C=C(Nc1ccc(NC(=O)NCCC(C)(C)F)cc1)c1c(F)cc(OCC2CCOC2)cc1N=CC. The van der Waals surface area contributed by atoms with E-state index in [0.29, 0.717) is 47.6 Å². The Balaban J connectivity index is 1.61. The minimum atomic E-state index is -1.34. The summed E-state index contributed by atoms with van der Waals surface area (Å²) in [5.41, 5.74) is 0.831. The third-order valence-corrected chi connectivity index (χ3v) is 5.57. The summed E-state index contributed by atoms with van der Waals surface area (Å²) in [4.78, 5) is 16.3. The fraction of sp³-hybridized carbons (Fsp3) is 0.407. The molecule has 0 aliphatic carbocycles. The zero-order valence-corrected chi connectivity index (χ0v) is 21.0. The van der Waals surface area contributed by atoms with Crippen LogP contribution < -0.4 is 20.7 Å². The molecule has 0 bridgehead atoms. The number of alkyl halides is 1. The summed E-state index contributed by atoms with van der Waals surface area (Å²) in [5, 5.41) is 8.40. The molecule has 36 heavy (non-hydrogen) atoms. The maximum Gasteiger partial charge on any atom is 0.319 e. The number of benzene rings is 2. The Bertz CT molecular complexity index is 1080. The van der Waals surface area contributed by atoms with Crippen molar-refractivity contribution in [2.75, 3.05) is 37.0 Å². The van der Waals surface area contributed by atoms with E-state index in [2.05, 4.69) is 27.5 Å². The van der Waals surface area contributed by atoms with E-state index in [9.17, 15) is 9.18 Å². The van der Waals surface area contributed by atoms with Gasteiger partial charge in [0.25, 0.3) is 0 Å². The average Bonchev–Trinajstić information content (AvgIpc) is 3.32. The van der Waals surface area contributed by atoms with Gasteiger partial charge in [-0.3, -0.25) is 4.99 Å². The van der Waals surface area contributed by atoms with Gasteiger partial charge in [-0.2, -0.15) is 0 Å². The summed E-state index contributed by atoms with van der Waals surface area (Å²) in [6, 6.07) is 9.45. The maximum atomic E-state index is 15.1. The van der Waals surface area contributed by atoms with Gasteiger partial charge in [0.05, 0.1) is 24.5 Å². The van der Waals surface area contributed by atoms with Crippen molar-refractivity contribution in [1.29, 1.82) is 0 Å². The molecule has 2 aromatic rings. The van der Waals surface area contributed by atoms with Gasteiger partial charge in [-0.1, -0.05) is 6.58 Å². The van der Waals surface area contributed by atoms with Crippen LogP contribution in [0.2, 0.25) is 0 Å². The van der Waals surface area contributed by atoms with Crippen molar-refractivity contribution in [3.05, 3.63) is 54.4 Å². The number of hydrogen-bond acceptors (Lipinski definition) is 5. The van der Waals surface area contributed by atoms with E-state index in [1.807, 2.05) is 0 Å². The predicted octanol–water partition coefficient (Wildman–Crippen LogP) is 6.31. The summed E-state index contributed by atoms with van der Waals surface area (Å²) in [6.07, 6.45) is 2.73. The number of amides is 2. The second kappa shape index (κ2) is 12.5. The standard InChI is InChI=1S/C27H34F2N4O3/c1-5-30-24-15-22(36-17-19-10-13-35-16-19)14-23(28)25(24)18(2)32-20-6-8-21(9-7-20)33-26(34)31-12-11-27(3,4)29/h5-9,14-15,19,32H,2,10-13,16-17H2,1,3-4H3,(H2,31,33,34). The highest BCUT2D eigenvalue weighted by molar-refractivity contribution is 5.90. The van der Waals surface area contributed by atoms with Gasteiger partial charge in [0.15, 0.2) is 0 Å². The Morgan fingerprint density at radius 1 is 1.25 bits per heavy atom. The summed E-state index contributed by atoms with van der Waals surface area (Å²) >= 11 is 0. The number of hydrogen-bond donors (Lipinski definition) is 3. The molecule has 1 unspecified atom stereocenters. The van der Waals surface area contributed by atoms with Crippen LogP contribution in [0, 0.1) is 11.7 Å². The molecule has 194 valence electrons. The van der Waals surface area contributed by atoms with Crippen molar-refractivity contribution in [1.82, 2.24) is 5.32 Å². The van der Waals surface area contributed by atoms with Crippen LogP contribution in [0.3, 0.4) is 0 Å². The first kappa shape index (κ1) is 27.1. The average molecular weight is 501 g/mol. The van der Waals surface area contributed by atoms with Crippen molar-refractivity contribution < 1.29 is 23.0 Å². The van der Waals surface area contributed by atoms with Crippen LogP contribution in [0.25, 0.3) is 5.70 Å². The van der Waals surface area contributed by atoms with Gasteiger partial charge in [-0.05, 0) is 57.9 Å².